The SMILES string of the molecule is CCC(c1ccc(N2CCC(NC)CC2)cc1)C(F)(F)F. The smallest absolute Gasteiger partial charge is 0.371 e. The number of piperidine rings is 1. The quantitative estimate of drug-likeness (QED) is 0.906. The minimum Gasteiger partial charge on any atom is -0.371 e. The summed E-state index contributed by atoms with van der Waals surface area (Å²) in [7, 11) is 1.97. The second-order valence-corrected chi connectivity index (χ2v) is 5.64. The van der Waals surface area contributed by atoms with Crippen LogP contribution in [0.1, 0.15) is 37.7 Å². The van der Waals surface area contributed by atoms with Crippen LogP contribution in [-0.2, 0) is 0 Å². The Morgan fingerprint density at radius 3 is 2.19 bits per heavy atom. The molecule has 2 nitrogen and oxygen atoms in total. The van der Waals surface area contributed by atoms with Crippen molar-refractivity contribution in [1.29, 1.82) is 0 Å². The van der Waals surface area contributed by atoms with Crippen molar-refractivity contribution in [2.75, 3.05) is 25.0 Å². The molecule has 118 valence electrons. The summed E-state index contributed by atoms with van der Waals surface area (Å²) in [6.45, 7) is 3.47. The van der Waals surface area contributed by atoms with Crippen LogP contribution < -0.4 is 10.2 Å². The number of halogens is 3. The van der Waals surface area contributed by atoms with Gasteiger partial charge in [0.05, 0.1) is 5.92 Å². The highest BCUT2D eigenvalue weighted by molar-refractivity contribution is 5.48. The number of hydrogen-bond acceptors (Lipinski definition) is 2. The third-order valence-corrected chi connectivity index (χ3v) is 4.37. The van der Waals surface area contributed by atoms with E-state index in [0.29, 0.717) is 11.6 Å². The number of benzene rings is 1. The second kappa shape index (κ2) is 6.69. The van der Waals surface area contributed by atoms with Crippen LogP contribution >= 0.6 is 0 Å². The summed E-state index contributed by atoms with van der Waals surface area (Å²) in [5.41, 5.74) is 1.38. The molecule has 1 heterocycles. The fraction of sp³-hybridized carbons (Fsp3) is 0.625. The molecule has 1 aromatic rings. The molecular formula is C16H23F3N2. The molecule has 0 radical (unpaired) electrons. The molecule has 0 saturated carbocycles. The fourth-order valence-corrected chi connectivity index (χ4v) is 3.00. The van der Waals surface area contributed by atoms with Gasteiger partial charge in [-0.05, 0) is 44.0 Å². The van der Waals surface area contributed by atoms with E-state index >= 15 is 0 Å². The second-order valence-electron chi connectivity index (χ2n) is 5.64. The Morgan fingerprint density at radius 1 is 1.19 bits per heavy atom. The van der Waals surface area contributed by atoms with E-state index in [9.17, 15) is 13.2 Å². The van der Waals surface area contributed by atoms with E-state index < -0.39 is 12.1 Å². The maximum atomic E-state index is 12.9. The number of rotatable bonds is 4. The molecular weight excluding hydrogens is 277 g/mol. The number of alkyl halides is 3. The first kappa shape index (κ1) is 16.1. The first-order valence-electron chi connectivity index (χ1n) is 7.54. The van der Waals surface area contributed by atoms with Crippen LogP contribution in [0, 0.1) is 0 Å². The van der Waals surface area contributed by atoms with E-state index in [1.54, 1.807) is 19.1 Å². The average Bonchev–Trinajstić information content (AvgIpc) is 2.47. The third kappa shape index (κ3) is 3.90. The van der Waals surface area contributed by atoms with Gasteiger partial charge in [-0.3, -0.25) is 0 Å². The lowest BCUT2D eigenvalue weighted by Gasteiger charge is -2.33. The van der Waals surface area contributed by atoms with Gasteiger partial charge in [-0.2, -0.15) is 13.2 Å². The van der Waals surface area contributed by atoms with Crippen molar-refractivity contribution in [3.63, 3.8) is 0 Å². The summed E-state index contributed by atoms with van der Waals surface area (Å²) in [4.78, 5) is 2.24. The zero-order chi connectivity index (χ0) is 15.5. The molecule has 1 saturated heterocycles. The Kier molecular flexibility index (Phi) is 5.14. The molecule has 1 aliphatic heterocycles. The summed E-state index contributed by atoms with van der Waals surface area (Å²) < 4.78 is 38.8. The molecule has 1 aliphatic rings. The molecule has 0 amide bonds. The molecule has 1 aromatic carbocycles. The van der Waals surface area contributed by atoms with E-state index in [1.807, 2.05) is 19.2 Å². The molecule has 2 rings (SSSR count). The molecule has 1 atom stereocenters. The molecule has 5 heteroatoms. The van der Waals surface area contributed by atoms with Gasteiger partial charge in [0.25, 0.3) is 0 Å². The van der Waals surface area contributed by atoms with Crippen molar-refractivity contribution in [2.24, 2.45) is 0 Å². The molecule has 0 bridgehead atoms. The number of nitrogens with zero attached hydrogens (tertiary/aromatic N) is 1. The molecule has 0 aliphatic carbocycles. The summed E-state index contributed by atoms with van der Waals surface area (Å²) in [6, 6.07) is 7.45. The van der Waals surface area contributed by atoms with Gasteiger partial charge in [0.1, 0.15) is 0 Å². The van der Waals surface area contributed by atoms with Crippen molar-refractivity contribution >= 4 is 5.69 Å². The van der Waals surface area contributed by atoms with Crippen molar-refractivity contribution < 1.29 is 13.2 Å². The van der Waals surface area contributed by atoms with E-state index in [2.05, 4.69) is 10.2 Å². The van der Waals surface area contributed by atoms with Crippen LogP contribution in [0.25, 0.3) is 0 Å². The van der Waals surface area contributed by atoms with Crippen molar-refractivity contribution in [3.05, 3.63) is 29.8 Å². The highest BCUT2D eigenvalue weighted by Crippen LogP contribution is 2.37. The van der Waals surface area contributed by atoms with E-state index in [4.69, 9.17) is 0 Å². The van der Waals surface area contributed by atoms with Crippen molar-refractivity contribution in [1.82, 2.24) is 5.32 Å². The van der Waals surface area contributed by atoms with E-state index in [1.165, 1.54) is 0 Å². The van der Waals surface area contributed by atoms with Crippen LogP contribution in [0.5, 0.6) is 0 Å². The Hall–Kier alpha value is -1.23. The summed E-state index contributed by atoms with van der Waals surface area (Å²) in [5, 5.41) is 3.27. The van der Waals surface area contributed by atoms with Gasteiger partial charge in [-0.15, -0.1) is 0 Å². The van der Waals surface area contributed by atoms with Gasteiger partial charge in [-0.25, -0.2) is 0 Å². The molecule has 1 unspecified atom stereocenters. The van der Waals surface area contributed by atoms with Crippen molar-refractivity contribution in [3.8, 4) is 0 Å². The first-order valence-corrected chi connectivity index (χ1v) is 7.54. The van der Waals surface area contributed by atoms with E-state index in [0.717, 1.165) is 31.6 Å². The van der Waals surface area contributed by atoms with Crippen LogP contribution in [0.15, 0.2) is 24.3 Å². The lowest BCUT2D eigenvalue weighted by Crippen LogP contribution is -2.41. The maximum Gasteiger partial charge on any atom is 0.395 e. The van der Waals surface area contributed by atoms with Gasteiger partial charge in [0, 0.05) is 24.8 Å². The van der Waals surface area contributed by atoms with Gasteiger partial charge < -0.3 is 10.2 Å². The highest BCUT2D eigenvalue weighted by Gasteiger charge is 2.39. The largest absolute Gasteiger partial charge is 0.395 e. The number of nitrogens with one attached hydrogen (secondary N) is 1. The molecule has 21 heavy (non-hydrogen) atoms. The minimum absolute atomic E-state index is 0.0798. The minimum atomic E-state index is -4.17. The normalized spacial score (nSPS) is 18.8. The zero-order valence-corrected chi connectivity index (χ0v) is 12.6. The molecule has 1 fully saturated rings. The Bertz CT molecular complexity index is 434. The summed E-state index contributed by atoms with van der Waals surface area (Å²) in [5.74, 6) is -1.36. The van der Waals surface area contributed by atoms with Gasteiger partial charge in [-0.1, -0.05) is 19.1 Å². The van der Waals surface area contributed by atoms with Crippen LogP contribution in [0.3, 0.4) is 0 Å². The molecule has 0 aromatic heterocycles. The van der Waals surface area contributed by atoms with Crippen LogP contribution in [-0.4, -0.2) is 32.4 Å². The fourth-order valence-electron chi connectivity index (χ4n) is 3.00. The zero-order valence-electron chi connectivity index (χ0n) is 12.6. The predicted molar refractivity (Wildman–Crippen MR) is 79.8 cm³/mol. The maximum absolute atomic E-state index is 12.9. The summed E-state index contributed by atoms with van der Waals surface area (Å²) in [6.07, 6.45) is -1.95. The topological polar surface area (TPSA) is 15.3 Å². The van der Waals surface area contributed by atoms with Gasteiger partial charge in [0.2, 0.25) is 0 Å². The van der Waals surface area contributed by atoms with Gasteiger partial charge in [0.15, 0.2) is 0 Å². The van der Waals surface area contributed by atoms with Crippen molar-refractivity contribution in [2.45, 2.75) is 44.3 Å². The lowest BCUT2D eigenvalue weighted by molar-refractivity contribution is -0.151. The van der Waals surface area contributed by atoms with Gasteiger partial charge >= 0.3 is 6.18 Å². The van der Waals surface area contributed by atoms with Crippen LogP contribution in [0.2, 0.25) is 0 Å². The Morgan fingerprint density at radius 2 is 1.76 bits per heavy atom. The number of anilines is 1. The standard InChI is InChI=1S/C16H23F3N2/c1-3-15(16(17,18)19)12-4-6-14(7-5-12)21-10-8-13(20-2)9-11-21/h4-7,13,15,20H,3,8-11H2,1-2H3. The summed E-state index contributed by atoms with van der Waals surface area (Å²) >= 11 is 0. The number of hydrogen-bond donors (Lipinski definition) is 1. The van der Waals surface area contributed by atoms with Crippen LogP contribution in [0.4, 0.5) is 18.9 Å². The average molecular weight is 300 g/mol. The first-order chi connectivity index (χ1) is 9.95. The van der Waals surface area contributed by atoms with E-state index in [-0.39, 0.29) is 6.42 Å². The monoisotopic (exact) mass is 300 g/mol. The Labute approximate surface area is 124 Å². The molecule has 0 spiro atoms. The lowest BCUT2D eigenvalue weighted by atomic mass is 9.95. The predicted octanol–water partition coefficient (Wildman–Crippen LogP) is 3.93. The highest BCUT2D eigenvalue weighted by atomic mass is 19.4. The molecule has 1 N–H and O–H groups in total. The Balaban J connectivity index is 2.05. The third-order valence-electron chi connectivity index (χ3n) is 4.37.